The van der Waals surface area contributed by atoms with E-state index in [1.54, 1.807) is 19.5 Å². The molecule has 1 N–H and O–H groups in total. The SMILES string of the molecule is COC(C)[C@H](C)Nc1ccncc1Br. The molecule has 0 radical (unpaired) electrons. The van der Waals surface area contributed by atoms with Crippen LogP contribution in [0.25, 0.3) is 0 Å². The highest BCUT2D eigenvalue weighted by Crippen LogP contribution is 2.21. The number of pyridine rings is 1. The van der Waals surface area contributed by atoms with Crippen molar-refractivity contribution in [1.82, 2.24) is 4.98 Å². The van der Waals surface area contributed by atoms with Gasteiger partial charge in [-0.05, 0) is 35.8 Å². The summed E-state index contributed by atoms with van der Waals surface area (Å²) in [4.78, 5) is 4.00. The molecule has 14 heavy (non-hydrogen) atoms. The summed E-state index contributed by atoms with van der Waals surface area (Å²) in [5, 5.41) is 3.35. The van der Waals surface area contributed by atoms with E-state index in [-0.39, 0.29) is 12.1 Å². The van der Waals surface area contributed by atoms with Crippen molar-refractivity contribution in [2.45, 2.75) is 26.0 Å². The number of halogens is 1. The highest BCUT2D eigenvalue weighted by atomic mass is 79.9. The smallest absolute Gasteiger partial charge is 0.0741 e. The predicted molar refractivity (Wildman–Crippen MR) is 61.5 cm³/mol. The summed E-state index contributed by atoms with van der Waals surface area (Å²) in [6.07, 6.45) is 3.71. The predicted octanol–water partition coefficient (Wildman–Crippen LogP) is 2.68. The van der Waals surface area contributed by atoms with Crippen LogP contribution in [0.1, 0.15) is 13.8 Å². The standard InChI is InChI=1S/C10H15BrN2O/c1-7(8(2)14-3)13-10-4-5-12-6-9(10)11/h4-8H,1-3H3,(H,12,13)/t7-,8?/m0/s1. The van der Waals surface area contributed by atoms with Crippen LogP contribution < -0.4 is 5.32 Å². The van der Waals surface area contributed by atoms with E-state index in [1.807, 2.05) is 13.0 Å². The van der Waals surface area contributed by atoms with Crippen molar-refractivity contribution in [1.29, 1.82) is 0 Å². The van der Waals surface area contributed by atoms with E-state index in [1.165, 1.54) is 0 Å². The van der Waals surface area contributed by atoms with Crippen LogP contribution in [0.4, 0.5) is 5.69 Å². The molecule has 0 saturated carbocycles. The molecular formula is C10H15BrN2O. The summed E-state index contributed by atoms with van der Waals surface area (Å²) in [5.74, 6) is 0. The molecule has 1 aromatic rings. The largest absolute Gasteiger partial charge is 0.380 e. The Bertz CT molecular complexity index is 293. The normalized spacial score (nSPS) is 14.9. The molecule has 0 aliphatic carbocycles. The van der Waals surface area contributed by atoms with Gasteiger partial charge in [-0.1, -0.05) is 0 Å². The summed E-state index contributed by atoms with van der Waals surface area (Å²) in [6.45, 7) is 4.12. The summed E-state index contributed by atoms with van der Waals surface area (Å²) in [6, 6.07) is 2.20. The molecule has 78 valence electrons. The third-order valence-corrected chi connectivity index (χ3v) is 2.86. The molecule has 1 rings (SSSR count). The average molecular weight is 259 g/mol. The Morgan fingerprint density at radius 3 is 2.79 bits per heavy atom. The highest BCUT2D eigenvalue weighted by molar-refractivity contribution is 9.10. The zero-order chi connectivity index (χ0) is 10.6. The lowest BCUT2D eigenvalue weighted by Crippen LogP contribution is -2.29. The number of rotatable bonds is 4. The van der Waals surface area contributed by atoms with Gasteiger partial charge in [-0.3, -0.25) is 4.98 Å². The number of aromatic nitrogens is 1. The zero-order valence-electron chi connectivity index (χ0n) is 8.62. The molecule has 1 unspecified atom stereocenters. The van der Waals surface area contributed by atoms with Crippen molar-refractivity contribution < 1.29 is 4.74 Å². The monoisotopic (exact) mass is 258 g/mol. The Kier molecular flexibility index (Phi) is 4.35. The lowest BCUT2D eigenvalue weighted by atomic mass is 10.2. The molecule has 0 spiro atoms. The molecular weight excluding hydrogens is 244 g/mol. The minimum Gasteiger partial charge on any atom is -0.380 e. The molecule has 4 heteroatoms. The Labute approximate surface area is 93.0 Å². The fourth-order valence-corrected chi connectivity index (χ4v) is 1.42. The summed E-state index contributed by atoms with van der Waals surface area (Å²) in [7, 11) is 1.71. The van der Waals surface area contributed by atoms with Crippen molar-refractivity contribution in [3.8, 4) is 0 Å². The third kappa shape index (κ3) is 2.96. The second-order valence-electron chi connectivity index (χ2n) is 3.23. The second-order valence-corrected chi connectivity index (χ2v) is 4.08. The number of methoxy groups -OCH3 is 1. The van der Waals surface area contributed by atoms with E-state index < -0.39 is 0 Å². The van der Waals surface area contributed by atoms with Crippen LogP contribution >= 0.6 is 15.9 Å². The van der Waals surface area contributed by atoms with Crippen LogP contribution in [0.15, 0.2) is 22.9 Å². The minimum atomic E-state index is 0.176. The van der Waals surface area contributed by atoms with Crippen molar-refractivity contribution >= 4 is 21.6 Å². The van der Waals surface area contributed by atoms with Gasteiger partial charge in [0.1, 0.15) is 0 Å². The first-order valence-electron chi connectivity index (χ1n) is 4.54. The molecule has 0 saturated heterocycles. The molecule has 1 heterocycles. The fraction of sp³-hybridized carbons (Fsp3) is 0.500. The average Bonchev–Trinajstić information content (AvgIpc) is 2.20. The molecule has 0 aromatic carbocycles. The number of anilines is 1. The van der Waals surface area contributed by atoms with Gasteiger partial charge in [-0.15, -0.1) is 0 Å². The Morgan fingerprint density at radius 1 is 1.50 bits per heavy atom. The van der Waals surface area contributed by atoms with E-state index in [4.69, 9.17) is 4.74 Å². The van der Waals surface area contributed by atoms with Gasteiger partial charge in [0.15, 0.2) is 0 Å². The number of ether oxygens (including phenoxy) is 1. The summed E-state index contributed by atoms with van der Waals surface area (Å²) < 4.78 is 6.20. The van der Waals surface area contributed by atoms with Gasteiger partial charge in [-0.2, -0.15) is 0 Å². The summed E-state index contributed by atoms with van der Waals surface area (Å²) in [5.41, 5.74) is 1.04. The lowest BCUT2D eigenvalue weighted by Gasteiger charge is -2.21. The van der Waals surface area contributed by atoms with E-state index in [9.17, 15) is 0 Å². The van der Waals surface area contributed by atoms with Gasteiger partial charge in [-0.25, -0.2) is 0 Å². The Balaban J connectivity index is 2.64. The van der Waals surface area contributed by atoms with Crippen molar-refractivity contribution in [3.63, 3.8) is 0 Å². The highest BCUT2D eigenvalue weighted by Gasteiger charge is 2.11. The van der Waals surface area contributed by atoms with Gasteiger partial charge in [0.05, 0.1) is 16.3 Å². The van der Waals surface area contributed by atoms with Gasteiger partial charge >= 0.3 is 0 Å². The second kappa shape index (κ2) is 5.32. The van der Waals surface area contributed by atoms with Crippen LogP contribution in [0, 0.1) is 0 Å². The molecule has 0 amide bonds. The Morgan fingerprint density at radius 2 is 2.21 bits per heavy atom. The molecule has 2 atom stereocenters. The summed E-state index contributed by atoms with van der Waals surface area (Å²) >= 11 is 3.43. The molecule has 0 aliphatic rings. The minimum absolute atomic E-state index is 0.176. The lowest BCUT2D eigenvalue weighted by molar-refractivity contribution is 0.106. The van der Waals surface area contributed by atoms with E-state index in [2.05, 4.69) is 33.2 Å². The van der Waals surface area contributed by atoms with E-state index in [0.717, 1.165) is 10.2 Å². The van der Waals surface area contributed by atoms with Crippen LogP contribution in [-0.4, -0.2) is 24.2 Å². The van der Waals surface area contributed by atoms with Crippen LogP contribution in [0.5, 0.6) is 0 Å². The Hall–Kier alpha value is -0.610. The maximum absolute atomic E-state index is 5.23. The van der Waals surface area contributed by atoms with Crippen molar-refractivity contribution in [2.75, 3.05) is 12.4 Å². The molecule has 0 fully saturated rings. The maximum Gasteiger partial charge on any atom is 0.0741 e. The zero-order valence-corrected chi connectivity index (χ0v) is 10.2. The number of hydrogen-bond donors (Lipinski definition) is 1. The number of hydrogen-bond acceptors (Lipinski definition) is 3. The van der Waals surface area contributed by atoms with E-state index >= 15 is 0 Å². The first-order valence-corrected chi connectivity index (χ1v) is 5.33. The van der Waals surface area contributed by atoms with Crippen LogP contribution in [0.3, 0.4) is 0 Å². The fourth-order valence-electron chi connectivity index (χ4n) is 1.06. The number of nitrogens with one attached hydrogen (secondary N) is 1. The van der Waals surface area contributed by atoms with Crippen molar-refractivity contribution in [2.24, 2.45) is 0 Å². The number of nitrogens with zero attached hydrogens (tertiary/aromatic N) is 1. The van der Waals surface area contributed by atoms with Gasteiger partial charge in [0, 0.05) is 25.5 Å². The van der Waals surface area contributed by atoms with Crippen molar-refractivity contribution in [3.05, 3.63) is 22.9 Å². The topological polar surface area (TPSA) is 34.1 Å². The molecule has 1 aromatic heterocycles. The molecule has 0 bridgehead atoms. The van der Waals surface area contributed by atoms with Crippen LogP contribution in [-0.2, 0) is 4.74 Å². The third-order valence-electron chi connectivity index (χ3n) is 2.23. The maximum atomic E-state index is 5.23. The van der Waals surface area contributed by atoms with Crippen LogP contribution in [0.2, 0.25) is 0 Å². The first-order chi connectivity index (χ1) is 6.65. The molecule has 3 nitrogen and oxygen atoms in total. The van der Waals surface area contributed by atoms with E-state index in [0.29, 0.717) is 0 Å². The van der Waals surface area contributed by atoms with Gasteiger partial charge < -0.3 is 10.1 Å². The van der Waals surface area contributed by atoms with Gasteiger partial charge in [0.25, 0.3) is 0 Å². The van der Waals surface area contributed by atoms with Gasteiger partial charge in [0.2, 0.25) is 0 Å². The first kappa shape index (κ1) is 11.5. The quantitative estimate of drug-likeness (QED) is 0.902. The molecule has 0 aliphatic heterocycles.